The molecule has 0 unspecified atom stereocenters. The average Bonchev–Trinajstić information content (AvgIpc) is 3.07. The number of carbonyl (C=O) groups is 2. The molecule has 23 heavy (non-hydrogen) atoms. The molecule has 2 amide bonds. The van der Waals surface area contributed by atoms with Gasteiger partial charge in [-0.2, -0.15) is 0 Å². The maximum Gasteiger partial charge on any atom is 0.268 e. The van der Waals surface area contributed by atoms with Crippen LogP contribution in [-0.2, 0) is 0 Å². The highest BCUT2D eigenvalue weighted by Gasteiger charge is 2.19. The highest BCUT2D eigenvalue weighted by Crippen LogP contribution is 2.22. The van der Waals surface area contributed by atoms with Crippen LogP contribution in [0, 0.1) is 5.92 Å². The van der Waals surface area contributed by atoms with Crippen molar-refractivity contribution in [3.05, 3.63) is 52.2 Å². The van der Waals surface area contributed by atoms with Crippen LogP contribution >= 0.6 is 11.3 Å². The zero-order valence-electron chi connectivity index (χ0n) is 13.7. The molecule has 1 N–H and O–H groups in total. The lowest BCUT2D eigenvalue weighted by Crippen LogP contribution is -2.31. The van der Waals surface area contributed by atoms with Crippen LogP contribution in [0.25, 0.3) is 0 Å². The number of para-hydroxylation sites is 1. The summed E-state index contributed by atoms with van der Waals surface area (Å²) in [7, 11) is 1.70. The smallest absolute Gasteiger partial charge is 0.268 e. The third-order valence-electron chi connectivity index (χ3n) is 3.55. The number of carbonyl (C=O) groups excluding carboxylic acids is 2. The zero-order chi connectivity index (χ0) is 16.8. The van der Waals surface area contributed by atoms with Crippen LogP contribution < -0.4 is 10.2 Å². The Hall–Kier alpha value is -2.14. The first-order chi connectivity index (χ1) is 11.0. The van der Waals surface area contributed by atoms with E-state index in [2.05, 4.69) is 19.2 Å². The van der Waals surface area contributed by atoms with Gasteiger partial charge in [0.2, 0.25) is 0 Å². The molecule has 2 aromatic rings. The number of hydrogen-bond donors (Lipinski definition) is 1. The van der Waals surface area contributed by atoms with E-state index in [4.69, 9.17) is 0 Å². The molecule has 0 fully saturated rings. The van der Waals surface area contributed by atoms with Crippen LogP contribution in [0.5, 0.6) is 0 Å². The molecule has 122 valence electrons. The number of nitrogens with one attached hydrogen (secondary N) is 1. The molecule has 0 aliphatic heterocycles. The Labute approximate surface area is 141 Å². The number of rotatable bonds is 6. The van der Waals surface area contributed by atoms with Gasteiger partial charge in [0.25, 0.3) is 11.8 Å². The highest BCUT2D eigenvalue weighted by molar-refractivity contribution is 7.12. The lowest BCUT2D eigenvalue weighted by atomic mass is 10.1. The van der Waals surface area contributed by atoms with E-state index < -0.39 is 0 Å². The molecule has 4 nitrogen and oxygen atoms in total. The van der Waals surface area contributed by atoms with Crippen LogP contribution in [0.3, 0.4) is 0 Å². The van der Waals surface area contributed by atoms with Gasteiger partial charge in [-0.3, -0.25) is 9.59 Å². The second-order valence-corrected chi connectivity index (χ2v) is 6.74. The normalized spacial score (nSPS) is 10.6. The van der Waals surface area contributed by atoms with E-state index in [1.54, 1.807) is 25.2 Å². The molecule has 1 aromatic carbocycles. The Balaban J connectivity index is 2.16. The van der Waals surface area contributed by atoms with Gasteiger partial charge in [-0.1, -0.05) is 32.0 Å². The number of thiophene rings is 1. The van der Waals surface area contributed by atoms with Crippen molar-refractivity contribution >= 4 is 28.8 Å². The molecule has 0 spiro atoms. The first kappa shape index (κ1) is 17.2. The van der Waals surface area contributed by atoms with Crippen LogP contribution in [0.1, 0.15) is 40.3 Å². The highest BCUT2D eigenvalue weighted by atomic mass is 32.1. The van der Waals surface area contributed by atoms with E-state index in [1.807, 2.05) is 23.6 Å². The molecular formula is C18H22N2O2S. The minimum atomic E-state index is -0.146. The van der Waals surface area contributed by atoms with Gasteiger partial charge in [-0.05, 0) is 35.9 Å². The van der Waals surface area contributed by atoms with Crippen LogP contribution in [0.2, 0.25) is 0 Å². The lowest BCUT2D eigenvalue weighted by molar-refractivity contribution is 0.0952. The molecule has 0 atom stereocenters. The van der Waals surface area contributed by atoms with Crippen LogP contribution in [-0.4, -0.2) is 25.4 Å². The Morgan fingerprint density at radius 1 is 1.17 bits per heavy atom. The minimum absolute atomic E-state index is 0.109. The zero-order valence-corrected chi connectivity index (χ0v) is 14.5. The molecule has 0 aliphatic rings. The molecule has 1 aromatic heterocycles. The molecule has 0 saturated heterocycles. The van der Waals surface area contributed by atoms with Gasteiger partial charge in [0, 0.05) is 13.6 Å². The largest absolute Gasteiger partial charge is 0.352 e. The van der Waals surface area contributed by atoms with Crippen molar-refractivity contribution in [2.75, 3.05) is 18.5 Å². The summed E-state index contributed by atoms with van der Waals surface area (Å²) in [5.74, 6) is 0.281. The lowest BCUT2D eigenvalue weighted by Gasteiger charge is -2.20. The first-order valence-corrected chi connectivity index (χ1v) is 8.57. The summed E-state index contributed by atoms with van der Waals surface area (Å²) in [6.07, 6.45) is 0.928. The van der Waals surface area contributed by atoms with Crippen molar-refractivity contribution < 1.29 is 9.59 Å². The van der Waals surface area contributed by atoms with Crippen molar-refractivity contribution in [1.82, 2.24) is 5.32 Å². The van der Waals surface area contributed by atoms with E-state index in [0.29, 0.717) is 28.6 Å². The summed E-state index contributed by atoms with van der Waals surface area (Å²) in [5.41, 5.74) is 1.14. The maximum absolute atomic E-state index is 12.5. The third-order valence-corrected chi connectivity index (χ3v) is 4.41. The van der Waals surface area contributed by atoms with Gasteiger partial charge < -0.3 is 10.2 Å². The number of benzene rings is 1. The maximum atomic E-state index is 12.5. The van der Waals surface area contributed by atoms with Crippen molar-refractivity contribution in [3.8, 4) is 0 Å². The molecule has 2 rings (SSSR count). The van der Waals surface area contributed by atoms with Gasteiger partial charge in [0.15, 0.2) is 0 Å². The predicted molar refractivity (Wildman–Crippen MR) is 95.3 cm³/mol. The number of hydrogen-bond acceptors (Lipinski definition) is 3. The SMILES string of the molecule is CC(C)CCNC(=O)c1ccccc1N(C)C(=O)c1cccs1. The quantitative estimate of drug-likeness (QED) is 0.876. The Bertz CT molecular complexity index is 665. The van der Waals surface area contributed by atoms with Gasteiger partial charge in [-0.15, -0.1) is 11.3 Å². The molecule has 0 bridgehead atoms. The molecule has 1 heterocycles. The van der Waals surface area contributed by atoms with Crippen molar-refractivity contribution in [1.29, 1.82) is 0 Å². The molecule has 0 saturated carbocycles. The number of anilines is 1. The van der Waals surface area contributed by atoms with Crippen molar-refractivity contribution in [3.63, 3.8) is 0 Å². The second-order valence-electron chi connectivity index (χ2n) is 5.80. The topological polar surface area (TPSA) is 49.4 Å². The minimum Gasteiger partial charge on any atom is -0.352 e. The van der Waals surface area contributed by atoms with Crippen LogP contribution in [0.15, 0.2) is 41.8 Å². The van der Waals surface area contributed by atoms with E-state index in [0.717, 1.165) is 6.42 Å². The third kappa shape index (κ3) is 4.42. The summed E-state index contributed by atoms with van der Waals surface area (Å²) >= 11 is 1.39. The van der Waals surface area contributed by atoms with Gasteiger partial charge >= 0.3 is 0 Å². The fraction of sp³-hybridized carbons (Fsp3) is 0.333. The fourth-order valence-corrected chi connectivity index (χ4v) is 2.90. The van der Waals surface area contributed by atoms with E-state index in [9.17, 15) is 9.59 Å². The summed E-state index contributed by atoms with van der Waals surface area (Å²) in [4.78, 5) is 27.1. The van der Waals surface area contributed by atoms with E-state index in [1.165, 1.54) is 16.2 Å². The Morgan fingerprint density at radius 3 is 2.57 bits per heavy atom. The number of amides is 2. The Morgan fingerprint density at radius 2 is 1.91 bits per heavy atom. The average molecular weight is 330 g/mol. The summed E-state index contributed by atoms with van der Waals surface area (Å²) < 4.78 is 0. The van der Waals surface area contributed by atoms with Gasteiger partial charge in [-0.25, -0.2) is 0 Å². The monoisotopic (exact) mass is 330 g/mol. The summed E-state index contributed by atoms with van der Waals surface area (Å²) in [5, 5.41) is 4.79. The standard InChI is InChI=1S/C18H22N2O2S/c1-13(2)10-11-19-17(21)14-7-4-5-8-15(14)20(3)18(22)16-9-6-12-23-16/h4-9,12-13H,10-11H2,1-3H3,(H,19,21). The summed E-state index contributed by atoms with van der Waals surface area (Å²) in [6.45, 7) is 4.87. The molecule has 0 aliphatic carbocycles. The van der Waals surface area contributed by atoms with Crippen molar-refractivity contribution in [2.24, 2.45) is 5.92 Å². The van der Waals surface area contributed by atoms with Gasteiger partial charge in [0.1, 0.15) is 0 Å². The first-order valence-electron chi connectivity index (χ1n) is 7.69. The second kappa shape index (κ2) is 7.92. The molecule has 0 radical (unpaired) electrons. The van der Waals surface area contributed by atoms with E-state index in [-0.39, 0.29) is 11.8 Å². The Kier molecular flexibility index (Phi) is 5.93. The van der Waals surface area contributed by atoms with Crippen molar-refractivity contribution in [2.45, 2.75) is 20.3 Å². The molecule has 5 heteroatoms. The summed E-state index contributed by atoms with van der Waals surface area (Å²) in [6, 6.07) is 10.8. The van der Waals surface area contributed by atoms with Crippen LogP contribution in [0.4, 0.5) is 5.69 Å². The predicted octanol–water partition coefficient (Wildman–Crippen LogP) is 3.80. The fourth-order valence-electron chi connectivity index (χ4n) is 2.20. The van der Waals surface area contributed by atoms with Gasteiger partial charge in [0.05, 0.1) is 16.1 Å². The molecular weight excluding hydrogens is 308 g/mol. The van der Waals surface area contributed by atoms with E-state index >= 15 is 0 Å². The number of nitrogens with zero attached hydrogens (tertiary/aromatic N) is 1.